The molecule has 10 aromatic rings. The Bertz CT molecular complexity index is 3040. The molecule has 0 bridgehead atoms. The number of amidine groups is 1. The van der Waals surface area contributed by atoms with Gasteiger partial charge in [0.25, 0.3) is 0 Å². The molecule has 5 nitrogen and oxygen atoms in total. The smallest absolute Gasteiger partial charge is 0.160 e. The molecule has 1 heterocycles. The molecule has 1 aromatic heterocycles. The van der Waals surface area contributed by atoms with Crippen LogP contribution in [0.1, 0.15) is 16.7 Å². The Morgan fingerprint density at radius 1 is 0.450 bits per heavy atom. The van der Waals surface area contributed by atoms with Crippen LogP contribution in [0.3, 0.4) is 0 Å². The van der Waals surface area contributed by atoms with Gasteiger partial charge in [0, 0.05) is 28.8 Å². The van der Waals surface area contributed by atoms with Gasteiger partial charge in [-0.15, -0.1) is 0 Å². The van der Waals surface area contributed by atoms with Gasteiger partial charge >= 0.3 is 0 Å². The highest BCUT2D eigenvalue weighted by Gasteiger charge is 2.13. The van der Waals surface area contributed by atoms with Gasteiger partial charge < -0.3 is 11.5 Å². The van der Waals surface area contributed by atoms with Crippen molar-refractivity contribution < 1.29 is 0 Å². The summed E-state index contributed by atoms with van der Waals surface area (Å²) in [6.07, 6.45) is 0. The minimum absolute atomic E-state index is 0.121. The fourth-order valence-corrected chi connectivity index (χ4v) is 7.33. The van der Waals surface area contributed by atoms with E-state index in [9.17, 15) is 0 Å². The van der Waals surface area contributed by atoms with Crippen molar-refractivity contribution in [3.63, 3.8) is 0 Å². The molecular formula is C55H45N5. The second-order valence-corrected chi connectivity index (χ2v) is 14.6. The molecule has 10 rings (SSSR count). The van der Waals surface area contributed by atoms with Crippen molar-refractivity contribution in [2.24, 2.45) is 11.5 Å². The minimum atomic E-state index is 0.121. The molecule has 0 aliphatic heterocycles. The summed E-state index contributed by atoms with van der Waals surface area (Å²) < 4.78 is 0. The largest absolute Gasteiger partial charge is 0.384 e. The molecule has 290 valence electrons. The summed E-state index contributed by atoms with van der Waals surface area (Å²) in [4.78, 5) is 10.2. The first-order valence-electron chi connectivity index (χ1n) is 20.0. The molecule has 0 aliphatic rings. The van der Waals surface area contributed by atoms with Crippen LogP contribution >= 0.6 is 0 Å². The minimum Gasteiger partial charge on any atom is -0.384 e. The average molecular weight is 776 g/mol. The molecular weight excluding hydrogens is 731 g/mol. The summed E-state index contributed by atoms with van der Waals surface area (Å²) in [6.45, 7) is 2.56. The Balaban J connectivity index is 0.000000260. The highest BCUT2D eigenvalue weighted by Crippen LogP contribution is 2.34. The van der Waals surface area contributed by atoms with Crippen LogP contribution in [0.2, 0.25) is 0 Å². The highest BCUT2D eigenvalue weighted by molar-refractivity contribution is 6.08. The number of aryl methyl sites for hydroxylation is 1. The molecule has 0 radical (unpaired) electrons. The van der Waals surface area contributed by atoms with Gasteiger partial charge in [0.1, 0.15) is 5.84 Å². The maximum atomic E-state index is 7.01. The number of hydrogen-bond acceptors (Lipinski definition) is 4. The first-order chi connectivity index (χ1) is 29.4. The van der Waals surface area contributed by atoms with Gasteiger partial charge in [0.15, 0.2) is 5.82 Å². The number of nitrogens with one attached hydrogen (secondary N) is 1. The molecule has 0 aliphatic carbocycles. The predicted molar refractivity (Wildman–Crippen MR) is 253 cm³/mol. The van der Waals surface area contributed by atoms with Gasteiger partial charge in [-0.25, -0.2) is 9.97 Å². The lowest BCUT2D eigenvalue weighted by Crippen LogP contribution is -2.10. The van der Waals surface area contributed by atoms with Crippen molar-refractivity contribution in [2.75, 3.05) is 0 Å². The van der Waals surface area contributed by atoms with Crippen molar-refractivity contribution in [1.82, 2.24) is 9.97 Å². The van der Waals surface area contributed by atoms with Gasteiger partial charge in [-0.2, -0.15) is 0 Å². The monoisotopic (exact) mass is 775 g/mol. The lowest BCUT2D eigenvalue weighted by atomic mass is 9.95. The normalized spacial score (nSPS) is 10.7. The van der Waals surface area contributed by atoms with Crippen LogP contribution in [0.25, 0.3) is 77.3 Å². The quantitative estimate of drug-likeness (QED) is 0.0889. The average Bonchev–Trinajstić information content (AvgIpc) is 3.32. The van der Waals surface area contributed by atoms with Gasteiger partial charge in [-0.3, -0.25) is 5.41 Å². The Morgan fingerprint density at radius 3 is 1.58 bits per heavy atom. The summed E-state index contributed by atoms with van der Waals surface area (Å²) in [7, 11) is 0. The Kier molecular flexibility index (Phi) is 11.9. The lowest BCUT2D eigenvalue weighted by Gasteiger charge is -2.13. The molecule has 0 amide bonds. The Morgan fingerprint density at radius 2 is 0.967 bits per heavy atom. The van der Waals surface area contributed by atoms with Crippen LogP contribution in [0, 0.1) is 12.3 Å². The van der Waals surface area contributed by atoms with Crippen molar-refractivity contribution >= 4 is 38.2 Å². The maximum Gasteiger partial charge on any atom is 0.160 e. The van der Waals surface area contributed by atoms with Crippen molar-refractivity contribution in [2.45, 2.75) is 13.5 Å². The van der Waals surface area contributed by atoms with Crippen molar-refractivity contribution in [3.05, 3.63) is 229 Å². The van der Waals surface area contributed by atoms with E-state index in [0.717, 1.165) is 50.3 Å². The zero-order chi connectivity index (χ0) is 41.3. The molecule has 5 N–H and O–H groups in total. The van der Waals surface area contributed by atoms with Crippen molar-refractivity contribution in [1.29, 1.82) is 5.41 Å². The van der Waals surface area contributed by atoms with E-state index in [4.69, 9.17) is 26.8 Å². The summed E-state index contributed by atoms with van der Waals surface area (Å²) in [5, 5.41) is 14.4. The van der Waals surface area contributed by atoms with E-state index < -0.39 is 0 Å². The number of benzene rings is 9. The third-order valence-corrected chi connectivity index (χ3v) is 10.5. The number of rotatable bonds is 6. The third-order valence-electron chi connectivity index (χ3n) is 10.5. The van der Waals surface area contributed by atoms with E-state index in [0.29, 0.717) is 12.4 Å². The van der Waals surface area contributed by atoms with Crippen molar-refractivity contribution in [3.8, 4) is 45.0 Å². The van der Waals surface area contributed by atoms with E-state index in [1.165, 1.54) is 37.9 Å². The van der Waals surface area contributed by atoms with Gasteiger partial charge in [0.05, 0.1) is 11.4 Å². The number of nitrogen functional groups attached to an aromatic ring is 1. The molecule has 0 atom stereocenters. The number of nitrogens with zero attached hydrogens (tertiary/aromatic N) is 2. The molecule has 0 saturated heterocycles. The van der Waals surface area contributed by atoms with E-state index in [1.54, 1.807) is 0 Å². The number of hydrogen-bond donors (Lipinski definition) is 3. The highest BCUT2D eigenvalue weighted by atomic mass is 14.9. The Labute approximate surface area is 351 Å². The van der Waals surface area contributed by atoms with E-state index in [1.807, 2.05) is 66.7 Å². The number of nitrogens with two attached hydrogens (primary N) is 2. The zero-order valence-corrected chi connectivity index (χ0v) is 33.5. The molecule has 60 heavy (non-hydrogen) atoms. The van der Waals surface area contributed by atoms with Crippen LogP contribution in [0.4, 0.5) is 0 Å². The molecule has 0 saturated carbocycles. The van der Waals surface area contributed by atoms with E-state index in [2.05, 4.69) is 153 Å². The number of aromatic nitrogens is 2. The molecule has 0 fully saturated rings. The molecule has 5 heteroatoms. The van der Waals surface area contributed by atoms with Gasteiger partial charge in [0.2, 0.25) is 0 Å². The van der Waals surface area contributed by atoms with Gasteiger partial charge in [-0.1, -0.05) is 194 Å². The number of fused-ring (bicyclic) bond motifs is 4. The lowest BCUT2D eigenvalue weighted by molar-refractivity contribution is 1.08. The van der Waals surface area contributed by atoms with Crippen LogP contribution in [-0.2, 0) is 6.54 Å². The SMILES string of the molecule is Cc1ccccc1.N=C(N)c1ccccc1.NCc1cc2ccccc2cc1-c1ccc(-c2nc(-c3ccccc3)cc(-c3ccc4c(ccc5ccccc54)c3)n2)cc1. The van der Waals surface area contributed by atoms with Crippen LogP contribution in [-0.4, -0.2) is 15.8 Å². The first kappa shape index (κ1) is 39.1. The fraction of sp³-hybridized carbons (Fsp3) is 0.0364. The van der Waals surface area contributed by atoms with Gasteiger partial charge in [-0.05, 0) is 80.2 Å². The summed E-state index contributed by atoms with van der Waals surface area (Å²) in [5.41, 5.74) is 21.8. The van der Waals surface area contributed by atoms with Crippen LogP contribution < -0.4 is 11.5 Å². The first-order valence-corrected chi connectivity index (χ1v) is 20.0. The third kappa shape index (κ3) is 9.03. The molecule has 9 aromatic carbocycles. The predicted octanol–water partition coefficient (Wildman–Crippen LogP) is 13.0. The molecule has 0 unspecified atom stereocenters. The maximum absolute atomic E-state index is 7.01. The summed E-state index contributed by atoms with van der Waals surface area (Å²) >= 11 is 0. The second-order valence-electron chi connectivity index (χ2n) is 14.6. The standard InChI is InChI=1S/C41H29N3.C7H8N2.C7H8/c42-26-35-22-31-11-4-5-12-32(31)24-38(35)28-14-17-30(18-15-28)41-43-39(29-9-2-1-3-10-29)25-40(44-41)34-20-21-37-33(23-34)19-16-27-8-6-7-13-36(27)37;8-7(9)6-4-2-1-3-5-6;1-7-5-3-2-4-6-7/h1-25H,26,42H2;1-5H,(H3,8,9);2-6H,1H3. The van der Waals surface area contributed by atoms with E-state index in [-0.39, 0.29) is 5.84 Å². The summed E-state index contributed by atoms with van der Waals surface area (Å²) in [5.74, 6) is 0.819. The van der Waals surface area contributed by atoms with E-state index >= 15 is 0 Å². The second kappa shape index (κ2) is 18.2. The van der Waals surface area contributed by atoms with Crippen LogP contribution in [0.15, 0.2) is 212 Å². The topological polar surface area (TPSA) is 102 Å². The Hall–Kier alpha value is -7.73. The molecule has 0 spiro atoms. The zero-order valence-electron chi connectivity index (χ0n) is 33.5. The fourth-order valence-electron chi connectivity index (χ4n) is 7.33. The van der Waals surface area contributed by atoms with Crippen LogP contribution in [0.5, 0.6) is 0 Å². The summed E-state index contributed by atoms with van der Waals surface area (Å²) in [6, 6.07) is 72.8.